The smallest absolute Gasteiger partial charge is 0.424 e. The van der Waals surface area contributed by atoms with Crippen LogP contribution in [0.1, 0.15) is 132 Å². The van der Waals surface area contributed by atoms with Crippen LogP contribution in [-0.2, 0) is 55.4 Å². The lowest BCUT2D eigenvalue weighted by Crippen LogP contribution is -2.50. The van der Waals surface area contributed by atoms with E-state index in [1.54, 1.807) is 107 Å². The van der Waals surface area contributed by atoms with Gasteiger partial charge in [0.25, 0.3) is 34.0 Å². The lowest BCUT2D eigenvalue weighted by molar-refractivity contribution is 0.0924. The highest BCUT2D eigenvalue weighted by Gasteiger charge is 2.43. The molecule has 0 radical (unpaired) electrons. The largest absolute Gasteiger partial charge is 0.497 e. The van der Waals surface area contributed by atoms with Gasteiger partial charge in [-0.2, -0.15) is 44.3 Å². The van der Waals surface area contributed by atoms with E-state index >= 15 is 0 Å². The molecule has 0 bridgehead atoms. The van der Waals surface area contributed by atoms with Crippen molar-refractivity contribution >= 4 is 93.2 Å². The molecule has 1 aliphatic heterocycles. The number of rotatable bonds is 26. The fourth-order valence-corrected chi connectivity index (χ4v) is 16.7. The Balaban J connectivity index is 0.000000246. The Morgan fingerprint density at radius 2 is 0.866 bits per heavy atom. The predicted molar refractivity (Wildman–Crippen MR) is 459 cm³/mol. The number of amides is 4. The third kappa shape index (κ3) is 30.8. The van der Waals surface area contributed by atoms with Crippen molar-refractivity contribution in [3.8, 4) is 34.8 Å². The van der Waals surface area contributed by atoms with Crippen molar-refractivity contribution in [1.82, 2.24) is 29.7 Å². The fourth-order valence-electron chi connectivity index (χ4n) is 14.0. The number of hydrogen-bond acceptors (Lipinski definition) is 21. The summed E-state index contributed by atoms with van der Waals surface area (Å²) in [6.45, 7) is 3.06. The van der Waals surface area contributed by atoms with E-state index in [-0.39, 0.29) is 71.9 Å². The number of benzene rings is 8. The summed E-state index contributed by atoms with van der Waals surface area (Å²) in [6.07, 6.45) is 9.07. The zero-order valence-electron chi connectivity index (χ0n) is 67.2. The van der Waals surface area contributed by atoms with Gasteiger partial charge in [-0.25, -0.2) is 9.59 Å². The number of aliphatic hydroxyl groups excluding tert-OH is 1. The van der Waals surface area contributed by atoms with Crippen LogP contribution < -0.4 is 65.3 Å². The van der Waals surface area contributed by atoms with Gasteiger partial charge in [0.2, 0.25) is 0 Å². The molecular weight excluding hydrogens is 1630 g/mol. The molecule has 4 fully saturated rings. The molecule has 4 aliphatic rings. The van der Waals surface area contributed by atoms with Crippen molar-refractivity contribution in [3.05, 3.63) is 246 Å². The number of alkyl halides is 1. The molecule has 0 atom stereocenters. The van der Waals surface area contributed by atoms with E-state index in [0.717, 1.165) is 71.5 Å². The number of carbonyl (C=O) groups excluding carboxylic acids is 5. The molecule has 8 aromatic carbocycles. The maximum atomic E-state index is 13.0. The topological polar surface area (TPSA) is 427 Å². The summed E-state index contributed by atoms with van der Waals surface area (Å²) < 4.78 is 112. The molecular formula is C85H105Cl2N11O18S3. The molecule has 640 valence electrons. The minimum absolute atomic E-state index is 0.0177. The van der Waals surface area contributed by atoms with Crippen LogP contribution in [-0.4, -0.2) is 164 Å². The van der Waals surface area contributed by atoms with E-state index in [9.17, 15) is 44.4 Å². The number of methoxy groups -OCH3 is 5. The Morgan fingerprint density at radius 1 is 0.538 bits per heavy atom. The van der Waals surface area contributed by atoms with Crippen LogP contribution in [0.3, 0.4) is 0 Å². The first-order chi connectivity index (χ1) is 57.0. The minimum atomic E-state index is -4.00. The summed E-state index contributed by atoms with van der Waals surface area (Å²) in [5.74, 6) is 2.95. The van der Waals surface area contributed by atoms with Gasteiger partial charge in [-0.3, -0.25) is 19.1 Å². The molecule has 4 amide bonds. The molecule has 11 N–H and O–H groups in total. The van der Waals surface area contributed by atoms with Crippen LogP contribution in [0.5, 0.6) is 28.7 Å². The number of nitrogens with one attached hydrogen (secondary N) is 6. The van der Waals surface area contributed by atoms with Crippen molar-refractivity contribution in [2.24, 2.45) is 10.1 Å². The van der Waals surface area contributed by atoms with Gasteiger partial charge in [-0.1, -0.05) is 132 Å². The number of nitrogen functional groups attached to an aromatic ring is 1. The third-order valence-electron chi connectivity index (χ3n) is 20.2. The number of hydrogen-bond donors (Lipinski definition) is 9. The zero-order valence-corrected chi connectivity index (χ0v) is 71.2. The number of nitriles is 1. The quantitative estimate of drug-likeness (QED) is 0.00799. The number of nitrogens with two attached hydrogens (primary N) is 2. The van der Waals surface area contributed by atoms with Crippen molar-refractivity contribution < 1.29 is 82.8 Å². The summed E-state index contributed by atoms with van der Waals surface area (Å²) in [7, 11) is 0.518. The summed E-state index contributed by atoms with van der Waals surface area (Å²) in [5.41, 5.74) is 17.1. The molecule has 119 heavy (non-hydrogen) atoms. The zero-order chi connectivity index (χ0) is 86.9. The van der Waals surface area contributed by atoms with E-state index in [1.165, 1.54) is 19.6 Å². The lowest BCUT2D eigenvalue weighted by atomic mass is 9.68. The standard InChI is InChI=1S/C28H33N3O5S.C24H29N3O6S.C21H26N2O2.C7H9NO.C2H5ClO.C2H3N.CClNO3S/c1-35-24-14-12-22(13-15-24)30-37(33,34)31-23-16-18-28(19-17-23,21-8-4-3-5-9-21)20-29-27(32)25-10-6-7-11-26(25)36-2;1-32-21-10-6-5-9-20(21)22(28)25-17-24(18-7-3-2-4-8-18)13-11-19(12-14-24)26-34(30,31)27-15-16-33-23(27)29;1-25-19-10-6-5-9-18(19)20(24)23-15-21(13-11-17(22)12-14-21)16-7-3-2-4-8-16;1-9-7-4-2-6(8)3-5-7;3-1-2-4;1-2-3;2-7(5,6)3-1-4/h3-15,23,30-31H,16-20H2,1-2H3,(H,29,32);2-10,19,26H,11-17H2,1H3,(H,25,28);2-10,17H,11-15,22H2,1H3,(H,23,24);2-5H,8H2,1H3;4H,1-2H2;1H3;. The van der Waals surface area contributed by atoms with Gasteiger partial charge in [0.15, 0.2) is 0 Å². The molecule has 29 nitrogen and oxygen atoms in total. The summed E-state index contributed by atoms with van der Waals surface area (Å²) in [5, 5.41) is 24.4. The number of aliphatic hydroxyl groups is 1. The van der Waals surface area contributed by atoms with Gasteiger partial charge < -0.3 is 60.9 Å². The number of ether oxygens (including phenoxy) is 6. The van der Waals surface area contributed by atoms with Gasteiger partial charge in [-0.15, -0.1) is 11.6 Å². The van der Waals surface area contributed by atoms with Crippen LogP contribution >= 0.6 is 22.3 Å². The van der Waals surface area contributed by atoms with Crippen LogP contribution in [0.15, 0.2) is 217 Å². The van der Waals surface area contributed by atoms with Crippen LogP contribution in [0.25, 0.3) is 0 Å². The SMILES string of the molecule is CC#N.COc1ccc(N)cc1.COc1ccc(NS(=O)(=O)NC2CCC(CNC(=O)c3ccccc3OC)(c3ccccc3)CC2)cc1.COc1ccccc1C(=O)NCC1(c2ccccc2)CCC(N)CC1.COc1ccccc1C(=O)NCC1(c2ccccc2)CCC(NS(=O)(=O)N2CCOC2=O)CC1.O=C=NS(=O)(=O)Cl.OCCCl. The van der Waals surface area contributed by atoms with Gasteiger partial charge in [-0.05, 0) is 179 Å². The Hall–Kier alpha value is -10.8. The van der Waals surface area contributed by atoms with Crippen molar-refractivity contribution in [1.29, 1.82) is 5.26 Å². The average molecular weight is 1740 g/mol. The monoisotopic (exact) mass is 1730 g/mol. The number of halogens is 2. The molecule has 3 aliphatic carbocycles. The molecule has 0 spiro atoms. The van der Waals surface area contributed by atoms with Gasteiger partial charge >= 0.3 is 25.5 Å². The first-order valence-electron chi connectivity index (χ1n) is 38.0. The highest BCUT2D eigenvalue weighted by molar-refractivity contribution is 8.12. The predicted octanol–water partition coefficient (Wildman–Crippen LogP) is 11.9. The summed E-state index contributed by atoms with van der Waals surface area (Å²) in [6, 6.07) is 67.5. The van der Waals surface area contributed by atoms with Crippen molar-refractivity contribution in [2.75, 3.05) is 91.3 Å². The Labute approximate surface area is 706 Å². The number of isocyanates is 1. The summed E-state index contributed by atoms with van der Waals surface area (Å²) in [4.78, 5) is 59.4. The third-order valence-corrected chi connectivity index (χ3v) is 23.5. The second kappa shape index (κ2) is 48.9. The van der Waals surface area contributed by atoms with E-state index in [4.69, 9.17) is 66.7 Å². The van der Waals surface area contributed by atoms with Gasteiger partial charge in [0.1, 0.15) is 35.4 Å². The number of cyclic esters (lactones) is 1. The number of carbonyl (C=O) groups is 4. The second-order valence-corrected chi connectivity index (χ2v) is 33.4. The maximum absolute atomic E-state index is 13.0. The van der Waals surface area contributed by atoms with E-state index < -0.39 is 35.7 Å². The van der Waals surface area contributed by atoms with Crippen LogP contribution in [0.2, 0.25) is 0 Å². The first-order valence-corrected chi connectivity index (χ1v) is 43.7. The second-order valence-electron chi connectivity index (χ2n) is 27.7. The number of anilines is 2. The normalized spacial score (nSPS) is 19.0. The first kappa shape index (κ1) is 97.0. The summed E-state index contributed by atoms with van der Waals surface area (Å²) >= 11 is 4.94. The van der Waals surface area contributed by atoms with Crippen LogP contribution in [0, 0.1) is 11.3 Å². The fraction of sp³-hybridized carbons (Fsp3) is 0.365. The Morgan fingerprint density at radius 3 is 1.17 bits per heavy atom. The molecule has 1 saturated heterocycles. The Kier molecular flexibility index (Phi) is 39.9. The molecule has 0 unspecified atom stereocenters. The molecule has 34 heteroatoms. The van der Waals surface area contributed by atoms with E-state index in [0.29, 0.717) is 109 Å². The molecule has 8 aromatic rings. The van der Waals surface area contributed by atoms with Crippen LogP contribution in [0.4, 0.5) is 16.2 Å². The highest BCUT2D eigenvalue weighted by atomic mass is 35.7. The number of nitrogens with zero attached hydrogens (tertiary/aromatic N) is 3. The van der Waals surface area contributed by atoms with Gasteiger partial charge in [0, 0.05) is 83.2 Å². The average Bonchev–Trinajstić information content (AvgIpc) is 1.46. The lowest BCUT2D eigenvalue weighted by Gasteiger charge is -2.41. The molecule has 1 heterocycles. The highest BCUT2D eigenvalue weighted by Crippen LogP contribution is 2.43. The van der Waals surface area contributed by atoms with Crippen molar-refractivity contribution in [2.45, 2.75) is 118 Å². The molecule has 0 aromatic heterocycles. The van der Waals surface area contributed by atoms with E-state index in [1.807, 2.05) is 103 Å². The van der Waals surface area contributed by atoms with Gasteiger partial charge in [0.05, 0.1) is 77.1 Å². The number of para-hydroxylation sites is 3. The minimum Gasteiger partial charge on any atom is -0.497 e. The maximum Gasteiger partial charge on any atom is 0.424 e. The molecule has 12 rings (SSSR count). The van der Waals surface area contributed by atoms with E-state index in [2.05, 4.69) is 81.6 Å². The Bertz CT molecular complexity index is 4920. The van der Waals surface area contributed by atoms with Crippen molar-refractivity contribution in [3.63, 3.8) is 0 Å². The molecule has 3 saturated carbocycles.